The lowest BCUT2D eigenvalue weighted by Crippen LogP contribution is -2.58. The van der Waals surface area contributed by atoms with E-state index in [2.05, 4.69) is 49.2 Å². The predicted molar refractivity (Wildman–Crippen MR) is 74.6 cm³/mol. The van der Waals surface area contributed by atoms with Gasteiger partial charge in [0.2, 0.25) is 0 Å². The molecule has 0 bridgehead atoms. The van der Waals surface area contributed by atoms with E-state index < -0.39 is 0 Å². The molecule has 0 spiro atoms. The van der Waals surface area contributed by atoms with Crippen molar-refractivity contribution in [2.24, 2.45) is 7.05 Å². The highest BCUT2D eigenvalue weighted by molar-refractivity contribution is 5.11. The van der Waals surface area contributed by atoms with Gasteiger partial charge in [-0.3, -0.25) is 9.58 Å². The molecule has 1 aromatic heterocycles. The molecule has 4 nitrogen and oxygen atoms in total. The Kier molecular flexibility index (Phi) is 4.07. The Morgan fingerprint density at radius 1 is 1.44 bits per heavy atom. The molecule has 1 fully saturated rings. The van der Waals surface area contributed by atoms with Crippen molar-refractivity contribution in [1.29, 1.82) is 0 Å². The number of hydrogen-bond donors (Lipinski definition) is 1. The number of aryl methyl sites for hydroxylation is 2. The van der Waals surface area contributed by atoms with Crippen LogP contribution in [0.25, 0.3) is 0 Å². The molecule has 1 aliphatic heterocycles. The van der Waals surface area contributed by atoms with Gasteiger partial charge in [0, 0.05) is 38.8 Å². The fourth-order valence-electron chi connectivity index (χ4n) is 2.66. The third-order valence-corrected chi connectivity index (χ3v) is 4.33. The summed E-state index contributed by atoms with van der Waals surface area (Å²) in [7, 11) is 2.06. The van der Waals surface area contributed by atoms with Crippen LogP contribution in [0.15, 0.2) is 6.07 Å². The molecule has 1 atom stereocenters. The molecule has 18 heavy (non-hydrogen) atoms. The first-order valence-corrected chi connectivity index (χ1v) is 7.06. The van der Waals surface area contributed by atoms with Crippen LogP contribution in [-0.4, -0.2) is 39.9 Å². The van der Waals surface area contributed by atoms with Crippen molar-refractivity contribution in [3.05, 3.63) is 17.5 Å². The van der Waals surface area contributed by atoms with E-state index in [0.717, 1.165) is 32.6 Å². The van der Waals surface area contributed by atoms with Gasteiger partial charge in [0.25, 0.3) is 0 Å². The number of nitrogens with one attached hydrogen (secondary N) is 1. The standard InChI is InChI=1S/C14H26N4/c1-5-12-9-13(17(4)16-12)10-18-8-7-15-11-14(18,3)6-2/h9,15H,5-8,10-11H2,1-4H3. The van der Waals surface area contributed by atoms with Gasteiger partial charge in [-0.15, -0.1) is 0 Å². The second-order valence-electron chi connectivity index (χ2n) is 5.55. The Labute approximate surface area is 110 Å². The Morgan fingerprint density at radius 2 is 2.22 bits per heavy atom. The Hall–Kier alpha value is -0.870. The summed E-state index contributed by atoms with van der Waals surface area (Å²) in [5.74, 6) is 0. The summed E-state index contributed by atoms with van der Waals surface area (Å²) in [5, 5.41) is 8.05. The SMILES string of the molecule is CCc1cc(CN2CCNCC2(C)CC)n(C)n1. The third-order valence-electron chi connectivity index (χ3n) is 4.33. The highest BCUT2D eigenvalue weighted by Gasteiger charge is 2.32. The molecule has 1 aromatic rings. The van der Waals surface area contributed by atoms with Gasteiger partial charge >= 0.3 is 0 Å². The molecule has 1 aliphatic rings. The van der Waals surface area contributed by atoms with Crippen LogP contribution in [0.1, 0.15) is 38.6 Å². The molecule has 0 aliphatic carbocycles. The van der Waals surface area contributed by atoms with Crippen LogP contribution in [0.3, 0.4) is 0 Å². The monoisotopic (exact) mass is 250 g/mol. The molecule has 0 amide bonds. The van der Waals surface area contributed by atoms with Crippen LogP contribution in [0, 0.1) is 0 Å². The maximum Gasteiger partial charge on any atom is 0.0625 e. The number of piperazine rings is 1. The summed E-state index contributed by atoms with van der Waals surface area (Å²) < 4.78 is 2.04. The molecule has 0 saturated carbocycles. The summed E-state index contributed by atoms with van der Waals surface area (Å²) in [4.78, 5) is 2.60. The third kappa shape index (κ3) is 2.59. The van der Waals surface area contributed by atoms with Crippen molar-refractivity contribution in [3.63, 3.8) is 0 Å². The van der Waals surface area contributed by atoms with Crippen molar-refractivity contribution in [1.82, 2.24) is 20.0 Å². The lowest BCUT2D eigenvalue weighted by atomic mass is 9.94. The fourth-order valence-corrected chi connectivity index (χ4v) is 2.66. The zero-order valence-corrected chi connectivity index (χ0v) is 12.2. The van der Waals surface area contributed by atoms with E-state index in [1.165, 1.54) is 17.8 Å². The second-order valence-corrected chi connectivity index (χ2v) is 5.55. The number of hydrogen-bond acceptors (Lipinski definition) is 3. The topological polar surface area (TPSA) is 33.1 Å². The Morgan fingerprint density at radius 3 is 2.83 bits per heavy atom. The van der Waals surface area contributed by atoms with Crippen molar-refractivity contribution in [2.45, 2.75) is 45.7 Å². The minimum atomic E-state index is 0.273. The molecule has 1 unspecified atom stereocenters. The fraction of sp³-hybridized carbons (Fsp3) is 0.786. The van der Waals surface area contributed by atoms with Crippen LogP contribution in [0.5, 0.6) is 0 Å². The van der Waals surface area contributed by atoms with Gasteiger partial charge in [0.1, 0.15) is 0 Å². The smallest absolute Gasteiger partial charge is 0.0625 e. The molecule has 2 rings (SSSR count). The van der Waals surface area contributed by atoms with Crippen molar-refractivity contribution < 1.29 is 0 Å². The highest BCUT2D eigenvalue weighted by atomic mass is 15.3. The van der Waals surface area contributed by atoms with Crippen LogP contribution in [0.4, 0.5) is 0 Å². The summed E-state index contributed by atoms with van der Waals surface area (Å²) >= 11 is 0. The van der Waals surface area contributed by atoms with Crippen LogP contribution in [-0.2, 0) is 20.0 Å². The zero-order chi connectivity index (χ0) is 13.2. The number of aromatic nitrogens is 2. The van der Waals surface area contributed by atoms with Crippen molar-refractivity contribution in [2.75, 3.05) is 19.6 Å². The summed E-state index contributed by atoms with van der Waals surface area (Å²) in [6, 6.07) is 2.25. The van der Waals surface area contributed by atoms with Crippen molar-refractivity contribution in [3.8, 4) is 0 Å². The normalized spacial score (nSPS) is 25.6. The summed E-state index contributed by atoms with van der Waals surface area (Å²) in [5.41, 5.74) is 2.80. The van der Waals surface area contributed by atoms with E-state index in [-0.39, 0.29) is 5.54 Å². The quantitative estimate of drug-likeness (QED) is 0.880. The molecule has 4 heteroatoms. The first kappa shape index (κ1) is 13.6. The van der Waals surface area contributed by atoms with Gasteiger partial charge in [-0.05, 0) is 25.8 Å². The highest BCUT2D eigenvalue weighted by Crippen LogP contribution is 2.23. The molecular formula is C14H26N4. The van der Waals surface area contributed by atoms with Crippen LogP contribution < -0.4 is 5.32 Å². The van der Waals surface area contributed by atoms with Gasteiger partial charge in [0.05, 0.1) is 11.4 Å². The second kappa shape index (κ2) is 5.41. The molecule has 102 valence electrons. The van der Waals surface area contributed by atoms with E-state index >= 15 is 0 Å². The van der Waals surface area contributed by atoms with Gasteiger partial charge in [-0.1, -0.05) is 13.8 Å². The number of nitrogens with zero attached hydrogens (tertiary/aromatic N) is 3. The lowest BCUT2D eigenvalue weighted by Gasteiger charge is -2.44. The summed E-state index contributed by atoms with van der Waals surface area (Å²) in [6.45, 7) is 11.1. The minimum Gasteiger partial charge on any atom is -0.314 e. The Balaban J connectivity index is 2.13. The van der Waals surface area contributed by atoms with Crippen LogP contribution in [0.2, 0.25) is 0 Å². The van der Waals surface area contributed by atoms with Gasteiger partial charge in [0.15, 0.2) is 0 Å². The van der Waals surface area contributed by atoms with E-state index in [1.807, 2.05) is 4.68 Å². The largest absolute Gasteiger partial charge is 0.314 e. The average Bonchev–Trinajstić information content (AvgIpc) is 2.73. The maximum absolute atomic E-state index is 4.54. The molecule has 2 heterocycles. The van der Waals surface area contributed by atoms with Crippen molar-refractivity contribution >= 4 is 0 Å². The maximum atomic E-state index is 4.54. The predicted octanol–water partition coefficient (Wildman–Crippen LogP) is 1.56. The summed E-state index contributed by atoms with van der Waals surface area (Å²) in [6.07, 6.45) is 2.19. The first-order chi connectivity index (χ1) is 8.59. The van der Waals surface area contributed by atoms with Gasteiger partial charge in [-0.25, -0.2) is 0 Å². The van der Waals surface area contributed by atoms with E-state index in [0.29, 0.717) is 0 Å². The van der Waals surface area contributed by atoms with Gasteiger partial charge < -0.3 is 5.32 Å². The average molecular weight is 250 g/mol. The minimum absolute atomic E-state index is 0.273. The molecule has 1 N–H and O–H groups in total. The number of rotatable bonds is 4. The molecule has 0 aromatic carbocycles. The van der Waals surface area contributed by atoms with E-state index in [1.54, 1.807) is 0 Å². The molecule has 1 saturated heterocycles. The van der Waals surface area contributed by atoms with E-state index in [9.17, 15) is 0 Å². The van der Waals surface area contributed by atoms with Gasteiger partial charge in [-0.2, -0.15) is 5.10 Å². The Bertz CT molecular complexity index is 398. The molecule has 0 radical (unpaired) electrons. The first-order valence-electron chi connectivity index (χ1n) is 7.06. The van der Waals surface area contributed by atoms with Crippen LogP contribution >= 0.6 is 0 Å². The molecular weight excluding hydrogens is 224 g/mol. The zero-order valence-electron chi connectivity index (χ0n) is 12.2. The van der Waals surface area contributed by atoms with E-state index in [4.69, 9.17) is 0 Å². The lowest BCUT2D eigenvalue weighted by molar-refractivity contribution is 0.0614.